The van der Waals surface area contributed by atoms with Crippen LogP contribution in [0.15, 0.2) is 24.3 Å². The van der Waals surface area contributed by atoms with Crippen LogP contribution in [0.1, 0.15) is 36.0 Å². The Morgan fingerprint density at radius 3 is 2.77 bits per heavy atom. The number of aryl methyl sites for hydroxylation is 1. The number of hydrogen-bond acceptors (Lipinski definition) is 7. The number of nitriles is 1. The molecule has 0 radical (unpaired) electrons. The van der Waals surface area contributed by atoms with Gasteiger partial charge in [0.2, 0.25) is 17.7 Å². The number of methoxy groups -OCH3 is 1. The number of rotatable bonds is 8. The van der Waals surface area contributed by atoms with Crippen LogP contribution in [0.2, 0.25) is 0 Å². The third-order valence-electron chi connectivity index (χ3n) is 6.65. The molecule has 3 amide bonds. The van der Waals surface area contributed by atoms with E-state index in [0.29, 0.717) is 51.2 Å². The highest BCUT2D eigenvalue weighted by Crippen LogP contribution is 2.29. The van der Waals surface area contributed by atoms with Crippen LogP contribution in [-0.2, 0) is 19.1 Å². The lowest BCUT2D eigenvalue weighted by Gasteiger charge is -2.38. The highest BCUT2D eigenvalue weighted by Gasteiger charge is 2.41. The van der Waals surface area contributed by atoms with Gasteiger partial charge in [-0.25, -0.2) is 5.48 Å². The van der Waals surface area contributed by atoms with Gasteiger partial charge >= 0.3 is 0 Å². The molecule has 0 unspecified atom stereocenters. The molecule has 2 aliphatic rings. The zero-order chi connectivity index (χ0) is 25.4. The van der Waals surface area contributed by atoms with Crippen LogP contribution in [-0.4, -0.2) is 73.8 Å². The molecule has 2 aliphatic heterocycles. The average molecular weight is 484 g/mol. The molecule has 35 heavy (non-hydrogen) atoms. The van der Waals surface area contributed by atoms with E-state index in [4.69, 9.17) is 10.00 Å². The molecule has 188 valence electrons. The lowest BCUT2D eigenvalue weighted by Crippen LogP contribution is -2.59. The average Bonchev–Trinajstić information content (AvgIpc) is 2.88. The third-order valence-corrected chi connectivity index (χ3v) is 6.65. The summed E-state index contributed by atoms with van der Waals surface area (Å²) >= 11 is 0. The maximum absolute atomic E-state index is 13.3. The first-order valence-corrected chi connectivity index (χ1v) is 11.8. The highest BCUT2D eigenvalue weighted by molar-refractivity contribution is 5.90. The number of piperidine rings is 1. The Labute approximate surface area is 205 Å². The molecular weight excluding hydrogens is 450 g/mol. The number of ether oxygens (including phenoxy) is 1. The van der Waals surface area contributed by atoms with Gasteiger partial charge in [0.05, 0.1) is 30.2 Å². The van der Waals surface area contributed by atoms with Gasteiger partial charge in [-0.05, 0) is 61.1 Å². The van der Waals surface area contributed by atoms with E-state index in [-0.39, 0.29) is 24.2 Å². The van der Waals surface area contributed by atoms with Crippen molar-refractivity contribution < 1.29 is 24.3 Å². The Kier molecular flexibility index (Phi) is 9.37. The highest BCUT2D eigenvalue weighted by atomic mass is 16.5. The zero-order valence-electron chi connectivity index (χ0n) is 20.2. The molecule has 3 atom stereocenters. The van der Waals surface area contributed by atoms with Crippen molar-refractivity contribution in [2.45, 2.75) is 32.2 Å². The van der Waals surface area contributed by atoms with Gasteiger partial charge in [-0.1, -0.05) is 12.1 Å². The summed E-state index contributed by atoms with van der Waals surface area (Å²) in [5, 5.41) is 24.3. The van der Waals surface area contributed by atoms with Crippen LogP contribution in [0.3, 0.4) is 0 Å². The SMILES string of the molecule is COCCNC(=O)C[C@@H]1CN[C@H](C(=O)N2CC=C(c3ccc(C#N)cc3C)CC2)[C@@H](C(=O)NO)C1. The Morgan fingerprint density at radius 1 is 1.34 bits per heavy atom. The summed E-state index contributed by atoms with van der Waals surface area (Å²) in [6.45, 7) is 4.11. The van der Waals surface area contributed by atoms with Crippen LogP contribution in [0, 0.1) is 30.1 Å². The van der Waals surface area contributed by atoms with Crippen molar-refractivity contribution in [3.05, 3.63) is 41.0 Å². The second-order valence-corrected chi connectivity index (χ2v) is 9.02. The lowest BCUT2D eigenvalue weighted by molar-refractivity contribution is -0.144. The summed E-state index contributed by atoms with van der Waals surface area (Å²) in [7, 11) is 1.56. The van der Waals surface area contributed by atoms with Gasteiger partial charge < -0.3 is 20.3 Å². The van der Waals surface area contributed by atoms with Gasteiger partial charge in [0, 0.05) is 33.2 Å². The second kappa shape index (κ2) is 12.4. The first-order valence-electron chi connectivity index (χ1n) is 11.8. The summed E-state index contributed by atoms with van der Waals surface area (Å²) < 4.78 is 4.92. The molecule has 0 aliphatic carbocycles. The number of hydrogen-bond donors (Lipinski definition) is 4. The van der Waals surface area contributed by atoms with Gasteiger partial charge in [0.1, 0.15) is 0 Å². The van der Waals surface area contributed by atoms with E-state index in [1.54, 1.807) is 23.6 Å². The maximum Gasteiger partial charge on any atom is 0.248 e. The molecule has 0 saturated carbocycles. The van der Waals surface area contributed by atoms with Crippen LogP contribution >= 0.6 is 0 Å². The molecule has 1 aromatic carbocycles. The molecule has 3 rings (SSSR count). The van der Waals surface area contributed by atoms with E-state index >= 15 is 0 Å². The topological polar surface area (TPSA) is 144 Å². The smallest absolute Gasteiger partial charge is 0.248 e. The number of benzene rings is 1. The van der Waals surface area contributed by atoms with Crippen molar-refractivity contribution in [3.63, 3.8) is 0 Å². The number of hydroxylamine groups is 1. The van der Waals surface area contributed by atoms with Crippen molar-refractivity contribution in [2.75, 3.05) is 39.9 Å². The summed E-state index contributed by atoms with van der Waals surface area (Å²) in [5.41, 5.74) is 5.50. The minimum atomic E-state index is -0.788. The first kappa shape index (κ1) is 26.3. The van der Waals surface area contributed by atoms with E-state index in [0.717, 1.165) is 16.7 Å². The number of amides is 3. The normalized spacial score (nSPS) is 22.1. The van der Waals surface area contributed by atoms with Crippen molar-refractivity contribution in [2.24, 2.45) is 11.8 Å². The molecule has 10 nitrogen and oxygen atoms in total. The van der Waals surface area contributed by atoms with Crippen molar-refractivity contribution in [3.8, 4) is 6.07 Å². The van der Waals surface area contributed by atoms with Crippen LogP contribution in [0.25, 0.3) is 5.57 Å². The van der Waals surface area contributed by atoms with Gasteiger partial charge in [-0.2, -0.15) is 5.26 Å². The summed E-state index contributed by atoms with van der Waals surface area (Å²) in [6, 6.07) is 6.95. The number of carbonyl (C=O) groups excluding carboxylic acids is 3. The fraction of sp³-hybridized carbons (Fsp3) is 0.520. The van der Waals surface area contributed by atoms with Gasteiger partial charge in [-0.3, -0.25) is 19.6 Å². The molecular formula is C25H33N5O5. The molecule has 0 aromatic heterocycles. The molecule has 10 heteroatoms. The van der Waals surface area contributed by atoms with Crippen molar-refractivity contribution >= 4 is 23.3 Å². The number of carbonyl (C=O) groups is 3. The Balaban J connectivity index is 1.63. The summed E-state index contributed by atoms with van der Waals surface area (Å²) in [4.78, 5) is 39.6. The largest absolute Gasteiger partial charge is 0.383 e. The molecule has 1 saturated heterocycles. The fourth-order valence-electron chi connectivity index (χ4n) is 4.80. The summed E-state index contributed by atoms with van der Waals surface area (Å²) in [6.07, 6.45) is 3.19. The van der Waals surface area contributed by atoms with E-state index in [9.17, 15) is 19.6 Å². The standard InChI is InChI=1S/C25H33N5O5/c1-16-11-17(14-26)3-4-20(16)19-5-8-30(9-6-19)25(33)23-21(24(32)29-34)12-18(15-28-23)13-22(31)27-7-10-35-2/h3-5,11,18,21,23,28,34H,6-10,12-13,15H2,1-2H3,(H,27,31)(H,29,32)/t18-,21+,23+/m1/s1. The first-order chi connectivity index (χ1) is 16.9. The van der Waals surface area contributed by atoms with Gasteiger partial charge in [0.15, 0.2) is 0 Å². The van der Waals surface area contributed by atoms with Crippen molar-refractivity contribution in [1.29, 1.82) is 5.26 Å². The van der Waals surface area contributed by atoms with Gasteiger partial charge in [0.25, 0.3) is 0 Å². The molecule has 0 bridgehead atoms. The predicted octanol–water partition coefficient (Wildman–Crippen LogP) is 0.735. The van der Waals surface area contributed by atoms with Crippen LogP contribution < -0.4 is 16.1 Å². The number of nitrogens with zero attached hydrogens (tertiary/aromatic N) is 2. The summed E-state index contributed by atoms with van der Waals surface area (Å²) in [5.74, 6) is -1.91. The van der Waals surface area contributed by atoms with E-state index in [2.05, 4.69) is 16.7 Å². The maximum atomic E-state index is 13.3. The van der Waals surface area contributed by atoms with Gasteiger partial charge in [-0.15, -0.1) is 0 Å². The molecule has 4 N–H and O–H groups in total. The monoisotopic (exact) mass is 483 g/mol. The van der Waals surface area contributed by atoms with Crippen LogP contribution in [0.5, 0.6) is 0 Å². The minimum Gasteiger partial charge on any atom is -0.383 e. The lowest BCUT2D eigenvalue weighted by atomic mass is 9.81. The Morgan fingerprint density at radius 2 is 2.14 bits per heavy atom. The van der Waals surface area contributed by atoms with Crippen molar-refractivity contribution in [1.82, 2.24) is 21.0 Å². The molecule has 0 spiro atoms. The zero-order valence-corrected chi connectivity index (χ0v) is 20.2. The quantitative estimate of drug-likeness (QED) is 0.242. The van der Waals surface area contributed by atoms with Crippen LogP contribution in [0.4, 0.5) is 0 Å². The molecule has 1 aromatic rings. The predicted molar refractivity (Wildman–Crippen MR) is 128 cm³/mol. The molecule has 2 heterocycles. The van der Waals surface area contributed by atoms with E-state index < -0.39 is 17.9 Å². The van der Waals surface area contributed by atoms with E-state index in [1.165, 1.54) is 0 Å². The Bertz CT molecular complexity index is 1020. The Hall–Kier alpha value is -3.26. The number of nitrogens with one attached hydrogen (secondary N) is 3. The van der Waals surface area contributed by atoms with E-state index in [1.807, 2.05) is 25.1 Å². The fourth-order valence-corrected chi connectivity index (χ4v) is 4.80. The second-order valence-electron chi connectivity index (χ2n) is 9.02. The minimum absolute atomic E-state index is 0.142. The third kappa shape index (κ3) is 6.66. The molecule has 1 fully saturated rings.